The van der Waals surface area contributed by atoms with Crippen LogP contribution in [0.25, 0.3) is 5.69 Å². The molecule has 3 aromatic rings. The lowest BCUT2D eigenvalue weighted by molar-refractivity contribution is 0.788. The van der Waals surface area contributed by atoms with E-state index in [0.29, 0.717) is 0 Å². The Balaban J connectivity index is 1.78. The molecule has 0 aliphatic heterocycles. The van der Waals surface area contributed by atoms with Crippen molar-refractivity contribution in [1.82, 2.24) is 20.2 Å². The van der Waals surface area contributed by atoms with Gasteiger partial charge in [0.2, 0.25) is 0 Å². The molecule has 0 saturated carbocycles. The van der Waals surface area contributed by atoms with Gasteiger partial charge in [-0.1, -0.05) is 34.1 Å². The largest absolute Gasteiger partial charge is 0.378 e. The summed E-state index contributed by atoms with van der Waals surface area (Å²) in [6.07, 6.45) is 1.58. The fourth-order valence-electron chi connectivity index (χ4n) is 2.10. The SMILES string of the molecule is CC(Nc1cccc(-n2cnnn2)c1)c1ccc(Br)cc1. The van der Waals surface area contributed by atoms with Crippen molar-refractivity contribution < 1.29 is 0 Å². The highest BCUT2D eigenvalue weighted by Gasteiger charge is 2.06. The summed E-state index contributed by atoms with van der Waals surface area (Å²) in [7, 11) is 0. The van der Waals surface area contributed by atoms with Crippen molar-refractivity contribution in [3.8, 4) is 5.69 Å². The minimum Gasteiger partial charge on any atom is -0.378 e. The molecule has 1 N–H and O–H groups in total. The van der Waals surface area contributed by atoms with Crippen molar-refractivity contribution in [2.24, 2.45) is 0 Å². The smallest absolute Gasteiger partial charge is 0.143 e. The van der Waals surface area contributed by atoms with E-state index in [-0.39, 0.29) is 6.04 Å². The molecule has 0 radical (unpaired) electrons. The second-order valence-electron chi connectivity index (χ2n) is 4.72. The Hall–Kier alpha value is -2.21. The third-order valence-corrected chi connectivity index (χ3v) is 3.74. The summed E-state index contributed by atoms with van der Waals surface area (Å²) in [4.78, 5) is 0. The topological polar surface area (TPSA) is 55.6 Å². The van der Waals surface area contributed by atoms with Crippen LogP contribution in [0.15, 0.2) is 59.3 Å². The molecular weight excluding hydrogens is 330 g/mol. The highest BCUT2D eigenvalue weighted by molar-refractivity contribution is 9.10. The van der Waals surface area contributed by atoms with Gasteiger partial charge in [-0.05, 0) is 53.2 Å². The van der Waals surface area contributed by atoms with Crippen LogP contribution in [0, 0.1) is 0 Å². The molecule has 0 saturated heterocycles. The van der Waals surface area contributed by atoms with Crippen molar-refractivity contribution in [1.29, 1.82) is 0 Å². The number of halogens is 1. The first kappa shape index (κ1) is 13.8. The van der Waals surface area contributed by atoms with Crippen LogP contribution in [-0.2, 0) is 0 Å². The lowest BCUT2D eigenvalue weighted by Crippen LogP contribution is -2.07. The molecule has 1 heterocycles. The van der Waals surface area contributed by atoms with Gasteiger partial charge < -0.3 is 5.32 Å². The molecule has 1 aromatic heterocycles. The minimum atomic E-state index is 0.210. The number of nitrogens with one attached hydrogen (secondary N) is 1. The summed E-state index contributed by atoms with van der Waals surface area (Å²) < 4.78 is 2.72. The summed E-state index contributed by atoms with van der Waals surface area (Å²) in [5.41, 5.74) is 3.18. The van der Waals surface area contributed by atoms with E-state index >= 15 is 0 Å². The van der Waals surface area contributed by atoms with Crippen LogP contribution < -0.4 is 5.32 Å². The van der Waals surface area contributed by atoms with Crippen LogP contribution in [0.5, 0.6) is 0 Å². The number of aromatic nitrogens is 4. The van der Waals surface area contributed by atoms with Gasteiger partial charge >= 0.3 is 0 Å². The first-order valence-corrected chi connectivity index (χ1v) is 7.37. The molecule has 0 amide bonds. The van der Waals surface area contributed by atoms with Crippen LogP contribution in [0.2, 0.25) is 0 Å². The molecular formula is C15H14BrN5. The quantitative estimate of drug-likeness (QED) is 0.786. The third-order valence-electron chi connectivity index (χ3n) is 3.21. The zero-order valence-corrected chi connectivity index (χ0v) is 13.0. The van der Waals surface area contributed by atoms with Gasteiger partial charge in [-0.25, -0.2) is 4.68 Å². The maximum atomic E-state index is 3.90. The molecule has 21 heavy (non-hydrogen) atoms. The standard InChI is InChI=1S/C15H14BrN5/c1-11(12-5-7-13(16)8-6-12)18-14-3-2-4-15(9-14)21-10-17-19-20-21/h2-11,18H,1H3. The highest BCUT2D eigenvalue weighted by atomic mass is 79.9. The summed E-state index contributed by atoms with van der Waals surface area (Å²) in [6.45, 7) is 2.13. The summed E-state index contributed by atoms with van der Waals surface area (Å²) >= 11 is 3.45. The highest BCUT2D eigenvalue weighted by Crippen LogP contribution is 2.22. The van der Waals surface area contributed by atoms with E-state index in [1.807, 2.05) is 36.4 Å². The van der Waals surface area contributed by atoms with E-state index in [1.54, 1.807) is 11.0 Å². The molecule has 1 unspecified atom stereocenters. The molecule has 0 spiro atoms. The van der Waals surface area contributed by atoms with E-state index in [4.69, 9.17) is 0 Å². The number of hydrogen-bond donors (Lipinski definition) is 1. The van der Waals surface area contributed by atoms with Crippen LogP contribution in [0.3, 0.4) is 0 Å². The zero-order chi connectivity index (χ0) is 14.7. The Morgan fingerprint density at radius 1 is 1.14 bits per heavy atom. The monoisotopic (exact) mass is 343 g/mol. The van der Waals surface area contributed by atoms with Gasteiger partial charge in [0.1, 0.15) is 6.33 Å². The predicted octanol–water partition coefficient (Wildman–Crippen LogP) is 3.60. The number of anilines is 1. The van der Waals surface area contributed by atoms with Crippen LogP contribution in [-0.4, -0.2) is 20.2 Å². The molecule has 0 aliphatic carbocycles. The van der Waals surface area contributed by atoms with Gasteiger partial charge in [-0.3, -0.25) is 0 Å². The molecule has 0 bridgehead atoms. The average molecular weight is 344 g/mol. The normalized spacial score (nSPS) is 12.1. The second kappa shape index (κ2) is 6.05. The van der Waals surface area contributed by atoms with Crippen LogP contribution in [0.1, 0.15) is 18.5 Å². The van der Waals surface area contributed by atoms with Crippen molar-refractivity contribution >= 4 is 21.6 Å². The molecule has 1 atom stereocenters. The molecule has 3 rings (SSSR count). The number of hydrogen-bond acceptors (Lipinski definition) is 4. The zero-order valence-electron chi connectivity index (χ0n) is 11.4. The fraction of sp³-hybridized carbons (Fsp3) is 0.133. The van der Waals surface area contributed by atoms with Gasteiger partial charge in [0.15, 0.2) is 0 Å². The maximum absolute atomic E-state index is 3.90. The van der Waals surface area contributed by atoms with Crippen molar-refractivity contribution in [2.75, 3.05) is 5.32 Å². The second-order valence-corrected chi connectivity index (χ2v) is 5.64. The molecule has 106 valence electrons. The number of nitrogens with zero attached hydrogens (tertiary/aromatic N) is 4. The van der Waals surface area contributed by atoms with Crippen LogP contribution in [0.4, 0.5) is 5.69 Å². The van der Waals surface area contributed by atoms with Gasteiger partial charge in [0.25, 0.3) is 0 Å². The lowest BCUT2D eigenvalue weighted by Gasteiger charge is -2.16. The van der Waals surface area contributed by atoms with Gasteiger partial charge in [0, 0.05) is 16.2 Å². The molecule has 5 nitrogen and oxygen atoms in total. The van der Waals surface area contributed by atoms with E-state index in [0.717, 1.165) is 15.8 Å². The Bertz CT molecular complexity index is 709. The van der Waals surface area contributed by atoms with E-state index in [1.165, 1.54) is 5.56 Å². The van der Waals surface area contributed by atoms with Gasteiger partial charge in [-0.15, -0.1) is 5.10 Å². The van der Waals surface area contributed by atoms with Crippen molar-refractivity contribution in [3.05, 3.63) is 64.9 Å². The summed E-state index contributed by atoms with van der Waals surface area (Å²) in [5, 5.41) is 14.7. The number of rotatable bonds is 4. The van der Waals surface area contributed by atoms with E-state index in [9.17, 15) is 0 Å². The number of tetrazole rings is 1. The van der Waals surface area contributed by atoms with Gasteiger partial charge in [-0.2, -0.15) is 0 Å². The molecule has 6 heteroatoms. The maximum Gasteiger partial charge on any atom is 0.143 e. The third kappa shape index (κ3) is 3.28. The van der Waals surface area contributed by atoms with Gasteiger partial charge in [0.05, 0.1) is 5.69 Å². The Labute approximate surface area is 131 Å². The van der Waals surface area contributed by atoms with Crippen molar-refractivity contribution in [2.45, 2.75) is 13.0 Å². The minimum absolute atomic E-state index is 0.210. The summed E-state index contributed by atoms with van der Waals surface area (Å²) in [5.74, 6) is 0. The van der Waals surface area contributed by atoms with E-state index in [2.05, 4.69) is 55.8 Å². The van der Waals surface area contributed by atoms with Crippen LogP contribution >= 0.6 is 15.9 Å². The molecule has 0 fully saturated rings. The first-order chi connectivity index (χ1) is 10.2. The average Bonchev–Trinajstić information content (AvgIpc) is 3.02. The molecule has 2 aromatic carbocycles. The summed E-state index contributed by atoms with van der Waals surface area (Å²) in [6, 6.07) is 16.5. The lowest BCUT2D eigenvalue weighted by atomic mass is 10.1. The first-order valence-electron chi connectivity index (χ1n) is 6.58. The predicted molar refractivity (Wildman–Crippen MR) is 85.3 cm³/mol. The molecule has 0 aliphatic rings. The fourth-order valence-corrected chi connectivity index (χ4v) is 2.37. The Kier molecular flexibility index (Phi) is 3.96. The van der Waals surface area contributed by atoms with Crippen molar-refractivity contribution in [3.63, 3.8) is 0 Å². The Morgan fingerprint density at radius 3 is 2.67 bits per heavy atom. The van der Waals surface area contributed by atoms with E-state index < -0.39 is 0 Å². The Morgan fingerprint density at radius 2 is 1.95 bits per heavy atom. The number of benzene rings is 2.